The molecule has 0 saturated heterocycles. The molecule has 0 spiro atoms. The van der Waals surface area contributed by atoms with Crippen LogP contribution in [-0.4, -0.2) is 31.1 Å². The Bertz CT molecular complexity index is 743. The lowest BCUT2D eigenvalue weighted by atomic mass is 9.96. The number of guanidine groups is 1. The van der Waals surface area contributed by atoms with Gasteiger partial charge in [0.05, 0.1) is 5.01 Å². The largest absolute Gasteiger partial charge is 0.356 e. The fourth-order valence-electron chi connectivity index (χ4n) is 2.97. The van der Waals surface area contributed by atoms with Gasteiger partial charge in [-0.1, -0.05) is 12.1 Å². The SMILES string of the molecule is CN=C(NCCCc1nc(C)cs1)NCC1(c2cccc(F)c2)CC1.I. The molecule has 1 aliphatic carbocycles. The van der Waals surface area contributed by atoms with Crippen LogP contribution in [-0.2, 0) is 11.8 Å². The van der Waals surface area contributed by atoms with Crippen molar-refractivity contribution in [2.45, 2.75) is 38.0 Å². The van der Waals surface area contributed by atoms with E-state index in [1.165, 1.54) is 11.1 Å². The molecule has 142 valence electrons. The van der Waals surface area contributed by atoms with E-state index in [2.05, 4.69) is 26.0 Å². The third kappa shape index (κ3) is 5.64. The molecule has 7 heteroatoms. The molecule has 1 fully saturated rings. The Morgan fingerprint density at radius 1 is 1.35 bits per heavy atom. The zero-order valence-corrected chi connectivity index (χ0v) is 18.4. The van der Waals surface area contributed by atoms with E-state index >= 15 is 0 Å². The molecule has 0 unspecified atom stereocenters. The second-order valence-corrected chi connectivity index (χ2v) is 7.57. The molecule has 0 radical (unpaired) electrons. The quantitative estimate of drug-likeness (QED) is 0.268. The molecule has 1 aromatic heterocycles. The average molecular weight is 488 g/mol. The van der Waals surface area contributed by atoms with Gasteiger partial charge in [0, 0.05) is 43.0 Å². The van der Waals surface area contributed by atoms with E-state index in [-0.39, 0.29) is 35.2 Å². The van der Waals surface area contributed by atoms with E-state index in [1.807, 2.05) is 13.0 Å². The number of nitrogens with zero attached hydrogens (tertiary/aromatic N) is 2. The standard InChI is InChI=1S/C19H25FN4S.HI/c1-14-12-25-17(24-14)7-4-10-22-18(21-2)23-13-19(8-9-19)15-5-3-6-16(20)11-15;/h3,5-6,11-12H,4,7-10,13H2,1-2H3,(H2,21,22,23);1H. The number of halogens is 2. The maximum absolute atomic E-state index is 13.5. The fourth-order valence-corrected chi connectivity index (χ4v) is 3.79. The van der Waals surface area contributed by atoms with Crippen LogP contribution in [0.15, 0.2) is 34.6 Å². The number of nitrogens with one attached hydrogen (secondary N) is 2. The van der Waals surface area contributed by atoms with E-state index < -0.39 is 0 Å². The molecule has 3 rings (SSSR count). The van der Waals surface area contributed by atoms with Crippen molar-refractivity contribution in [2.75, 3.05) is 20.1 Å². The summed E-state index contributed by atoms with van der Waals surface area (Å²) in [6, 6.07) is 6.96. The number of benzene rings is 1. The zero-order chi connectivity index (χ0) is 17.7. The highest BCUT2D eigenvalue weighted by Gasteiger charge is 2.44. The minimum absolute atomic E-state index is 0. The van der Waals surface area contributed by atoms with Crippen LogP contribution in [0.5, 0.6) is 0 Å². The van der Waals surface area contributed by atoms with Crippen LogP contribution >= 0.6 is 35.3 Å². The molecule has 26 heavy (non-hydrogen) atoms. The van der Waals surface area contributed by atoms with Gasteiger partial charge in [0.25, 0.3) is 0 Å². The number of rotatable bonds is 7. The van der Waals surface area contributed by atoms with Gasteiger partial charge in [0.2, 0.25) is 0 Å². The van der Waals surface area contributed by atoms with E-state index in [0.29, 0.717) is 0 Å². The Labute approximate surface area is 175 Å². The molecule has 1 saturated carbocycles. The molecule has 1 aliphatic rings. The summed E-state index contributed by atoms with van der Waals surface area (Å²) < 4.78 is 13.5. The molecule has 2 aromatic rings. The van der Waals surface area contributed by atoms with Crippen molar-refractivity contribution in [2.24, 2.45) is 4.99 Å². The predicted octanol–water partition coefficient (Wildman–Crippen LogP) is 4.04. The summed E-state index contributed by atoms with van der Waals surface area (Å²) in [7, 11) is 1.78. The van der Waals surface area contributed by atoms with Crippen molar-refractivity contribution in [1.82, 2.24) is 15.6 Å². The number of hydrogen-bond acceptors (Lipinski definition) is 3. The summed E-state index contributed by atoms with van der Waals surface area (Å²) in [4.78, 5) is 8.77. The number of aromatic nitrogens is 1. The lowest BCUT2D eigenvalue weighted by Gasteiger charge is -2.19. The van der Waals surface area contributed by atoms with E-state index in [1.54, 1.807) is 30.5 Å². The van der Waals surface area contributed by atoms with E-state index in [9.17, 15) is 4.39 Å². The Morgan fingerprint density at radius 2 is 2.15 bits per heavy atom. The van der Waals surface area contributed by atoms with Crippen LogP contribution in [0, 0.1) is 12.7 Å². The summed E-state index contributed by atoms with van der Waals surface area (Å²) in [6.45, 7) is 3.66. The third-order valence-electron chi connectivity index (χ3n) is 4.63. The van der Waals surface area contributed by atoms with Crippen molar-refractivity contribution in [3.63, 3.8) is 0 Å². The summed E-state index contributed by atoms with van der Waals surface area (Å²) in [5.74, 6) is 0.640. The third-order valence-corrected chi connectivity index (χ3v) is 5.66. The second kappa shape index (κ2) is 9.64. The van der Waals surface area contributed by atoms with Gasteiger partial charge in [-0.2, -0.15) is 0 Å². The minimum atomic E-state index is -0.163. The Balaban J connectivity index is 0.00000243. The normalized spacial score (nSPS) is 15.3. The molecule has 0 aliphatic heterocycles. The first-order chi connectivity index (χ1) is 12.1. The highest BCUT2D eigenvalue weighted by Crippen LogP contribution is 2.47. The van der Waals surface area contributed by atoms with E-state index in [0.717, 1.165) is 56.0 Å². The van der Waals surface area contributed by atoms with Crippen molar-refractivity contribution in [3.8, 4) is 0 Å². The van der Waals surface area contributed by atoms with Crippen LogP contribution in [0.1, 0.15) is 35.5 Å². The summed E-state index contributed by atoms with van der Waals surface area (Å²) in [6.07, 6.45) is 4.17. The molecule has 0 atom stereocenters. The predicted molar refractivity (Wildman–Crippen MR) is 117 cm³/mol. The average Bonchev–Trinajstić information content (AvgIpc) is 3.29. The van der Waals surface area contributed by atoms with Gasteiger partial charge in [-0.3, -0.25) is 4.99 Å². The van der Waals surface area contributed by atoms with Crippen LogP contribution < -0.4 is 10.6 Å². The smallest absolute Gasteiger partial charge is 0.191 e. The lowest BCUT2D eigenvalue weighted by molar-refractivity contribution is 0.606. The maximum atomic E-state index is 13.5. The van der Waals surface area contributed by atoms with Gasteiger partial charge in [-0.15, -0.1) is 35.3 Å². The molecular weight excluding hydrogens is 462 g/mol. The Hall–Kier alpha value is -1.22. The first kappa shape index (κ1) is 21.1. The molecule has 1 aromatic carbocycles. The van der Waals surface area contributed by atoms with Crippen LogP contribution in [0.25, 0.3) is 0 Å². The summed E-state index contributed by atoms with van der Waals surface area (Å²) in [5.41, 5.74) is 2.23. The second-order valence-electron chi connectivity index (χ2n) is 6.63. The van der Waals surface area contributed by atoms with E-state index in [4.69, 9.17) is 0 Å². The van der Waals surface area contributed by atoms with Gasteiger partial charge in [-0.25, -0.2) is 9.37 Å². The monoisotopic (exact) mass is 488 g/mol. The van der Waals surface area contributed by atoms with Crippen LogP contribution in [0.3, 0.4) is 0 Å². The topological polar surface area (TPSA) is 49.3 Å². The lowest BCUT2D eigenvalue weighted by Crippen LogP contribution is -2.41. The number of aliphatic imine (C=N–C) groups is 1. The first-order valence-electron chi connectivity index (χ1n) is 8.73. The highest BCUT2D eigenvalue weighted by molar-refractivity contribution is 14.0. The zero-order valence-electron chi connectivity index (χ0n) is 15.2. The number of aryl methyl sites for hydroxylation is 2. The molecule has 0 bridgehead atoms. The summed E-state index contributed by atoms with van der Waals surface area (Å²) >= 11 is 1.72. The molecule has 0 amide bonds. The first-order valence-corrected chi connectivity index (χ1v) is 9.61. The molecule has 1 heterocycles. The van der Waals surface area contributed by atoms with Gasteiger partial charge in [-0.05, 0) is 43.9 Å². The van der Waals surface area contributed by atoms with Gasteiger partial charge in [0.1, 0.15) is 5.82 Å². The highest BCUT2D eigenvalue weighted by atomic mass is 127. The van der Waals surface area contributed by atoms with Crippen LogP contribution in [0.2, 0.25) is 0 Å². The van der Waals surface area contributed by atoms with Gasteiger partial charge >= 0.3 is 0 Å². The van der Waals surface area contributed by atoms with Crippen molar-refractivity contribution < 1.29 is 4.39 Å². The van der Waals surface area contributed by atoms with Crippen molar-refractivity contribution >= 4 is 41.3 Å². The van der Waals surface area contributed by atoms with Crippen molar-refractivity contribution in [1.29, 1.82) is 0 Å². The van der Waals surface area contributed by atoms with Crippen LogP contribution in [0.4, 0.5) is 4.39 Å². The number of thiazole rings is 1. The molecule has 4 nitrogen and oxygen atoms in total. The summed E-state index contributed by atoms with van der Waals surface area (Å²) in [5, 5.41) is 10.0. The van der Waals surface area contributed by atoms with Crippen molar-refractivity contribution in [3.05, 3.63) is 51.7 Å². The Kier molecular flexibility index (Phi) is 7.82. The Morgan fingerprint density at radius 3 is 2.77 bits per heavy atom. The minimum Gasteiger partial charge on any atom is -0.356 e. The molecular formula is C19H26FIN4S. The fraction of sp³-hybridized carbons (Fsp3) is 0.474. The number of hydrogen-bond donors (Lipinski definition) is 2. The van der Waals surface area contributed by atoms with Gasteiger partial charge in [0.15, 0.2) is 5.96 Å². The van der Waals surface area contributed by atoms with Gasteiger partial charge < -0.3 is 10.6 Å². The molecule has 2 N–H and O–H groups in total. The maximum Gasteiger partial charge on any atom is 0.191 e.